The van der Waals surface area contributed by atoms with E-state index in [1.165, 1.54) is 16.7 Å². The monoisotopic (exact) mass is 536 g/mol. The van der Waals surface area contributed by atoms with Crippen LogP contribution >= 0.6 is 11.8 Å². The van der Waals surface area contributed by atoms with Crippen LogP contribution in [0.2, 0.25) is 0 Å². The number of thioether (sulfide) groups is 1. The fourth-order valence-electron chi connectivity index (χ4n) is 5.05. The van der Waals surface area contributed by atoms with E-state index in [0.29, 0.717) is 11.5 Å². The van der Waals surface area contributed by atoms with Crippen LogP contribution < -0.4 is 10.1 Å². The molecule has 9 heteroatoms. The Morgan fingerprint density at radius 1 is 1.11 bits per heavy atom. The summed E-state index contributed by atoms with van der Waals surface area (Å²) in [5.41, 5.74) is 2.41. The number of β-lactam (4-membered cyclic amide) rings is 1. The van der Waals surface area contributed by atoms with Gasteiger partial charge in [-0.1, -0.05) is 42.5 Å². The number of benzene rings is 2. The molecule has 0 spiro atoms. The molecule has 0 aliphatic carbocycles. The zero-order chi connectivity index (χ0) is 26.9. The van der Waals surface area contributed by atoms with Crippen molar-refractivity contribution in [3.63, 3.8) is 0 Å². The first-order valence-corrected chi connectivity index (χ1v) is 13.8. The Labute approximate surface area is 226 Å². The summed E-state index contributed by atoms with van der Waals surface area (Å²) in [7, 11) is 1.59. The highest BCUT2D eigenvalue weighted by Crippen LogP contribution is 2.45. The number of esters is 1. The highest BCUT2D eigenvalue weighted by Gasteiger charge is 2.55. The summed E-state index contributed by atoms with van der Waals surface area (Å²) in [6.07, 6.45) is 1.55. The molecular formula is C29H32N2O6S. The maximum atomic E-state index is 13.5. The molecule has 2 saturated heterocycles. The summed E-state index contributed by atoms with van der Waals surface area (Å²) < 4.78 is 17.1. The van der Waals surface area contributed by atoms with Crippen LogP contribution in [-0.4, -0.2) is 58.7 Å². The molecule has 3 aliphatic heterocycles. The SMILES string of the molecule is COc1ccc(COC(=O)C2=C([C@@H]3CCC(C)(C)O3)CS[C@@H]3[C@H](NC(=O)Cc4ccccc4)C(=O)N23)cc1. The van der Waals surface area contributed by atoms with E-state index in [9.17, 15) is 14.4 Å². The molecule has 3 aliphatic rings. The highest BCUT2D eigenvalue weighted by atomic mass is 32.2. The van der Waals surface area contributed by atoms with Gasteiger partial charge >= 0.3 is 5.97 Å². The number of methoxy groups -OCH3 is 1. The average molecular weight is 537 g/mol. The van der Waals surface area contributed by atoms with Crippen molar-refractivity contribution in [2.24, 2.45) is 0 Å². The third-order valence-electron chi connectivity index (χ3n) is 7.10. The van der Waals surface area contributed by atoms with E-state index in [1.54, 1.807) is 19.2 Å². The minimum absolute atomic E-state index is 0.0632. The standard InChI is InChI=1S/C29H32N2O6S/c1-29(2)14-13-22(37-29)21-17-38-27-24(30-23(32)15-18-7-5-4-6-8-18)26(33)31(27)25(21)28(34)36-16-19-9-11-20(35-3)12-10-19/h4-12,22,24,27H,13-17H2,1-3H3,(H,30,32)/t22-,24+,27+/m0/s1. The lowest BCUT2D eigenvalue weighted by atomic mass is 9.98. The summed E-state index contributed by atoms with van der Waals surface area (Å²) >= 11 is 1.54. The Hall–Kier alpha value is -3.30. The van der Waals surface area contributed by atoms with Crippen molar-refractivity contribution in [3.05, 3.63) is 77.0 Å². The Morgan fingerprint density at radius 3 is 2.50 bits per heavy atom. The van der Waals surface area contributed by atoms with Gasteiger partial charge in [0.05, 0.1) is 25.2 Å². The van der Waals surface area contributed by atoms with Gasteiger partial charge in [0.25, 0.3) is 5.91 Å². The van der Waals surface area contributed by atoms with Crippen LogP contribution in [0.3, 0.4) is 0 Å². The van der Waals surface area contributed by atoms with Crippen molar-refractivity contribution in [3.8, 4) is 5.75 Å². The van der Waals surface area contributed by atoms with E-state index in [1.807, 2.05) is 56.3 Å². The molecule has 5 rings (SSSR count). The summed E-state index contributed by atoms with van der Waals surface area (Å²) in [5, 5.41) is 2.50. The minimum atomic E-state index is -0.692. The number of rotatable bonds is 8. The Balaban J connectivity index is 1.33. The van der Waals surface area contributed by atoms with Crippen LogP contribution in [0.5, 0.6) is 5.75 Å². The molecule has 3 atom stereocenters. The van der Waals surface area contributed by atoms with Gasteiger partial charge in [-0.05, 0) is 55.5 Å². The molecule has 2 aromatic rings. The zero-order valence-corrected chi connectivity index (χ0v) is 22.6. The second-order valence-corrected chi connectivity index (χ2v) is 11.4. The molecule has 3 heterocycles. The first kappa shape index (κ1) is 26.3. The second kappa shape index (κ2) is 10.8. The lowest BCUT2D eigenvalue weighted by Gasteiger charge is -2.50. The molecule has 0 radical (unpaired) electrons. The van der Waals surface area contributed by atoms with Crippen LogP contribution in [0.4, 0.5) is 0 Å². The summed E-state index contributed by atoms with van der Waals surface area (Å²) in [5.74, 6) is 0.137. The number of carbonyl (C=O) groups is 3. The molecule has 2 aromatic carbocycles. The molecule has 0 bridgehead atoms. The van der Waals surface area contributed by atoms with Crippen LogP contribution in [0.1, 0.15) is 37.8 Å². The summed E-state index contributed by atoms with van der Waals surface area (Å²) in [4.78, 5) is 41.0. The van der Waals surface area contributed by atoms with E-state index in [4.69, 9.17) is 14.2 Å². The van der Waals surface area contributed by atoms with Gasteiger partial charge in [0.15, 0.2) is 0 Å². The van der Waals surface area contributed by atoms with Crippen molar-refractivity contribution < 1.29 is 28.6 Å². The topological polar surface area (TPSA) is 94.2 Å². The molecule has 0 saturated carbocycles. The predicted molar refractivity (Wildman–Crippen MR) is 143 cm³/mol. The van der Waals surface area contributed by atoms with Gasteiger partial charge in [0.1, 0.15) is 29.5 Å². The van der Waals surface area contributed by atoms with Crippen LogP contribution in [0.15, 0.2) is 65.9 Å². The minimum Gasteiger partial charge on any atom is -0.497 e. The number of hydrogen-bond donors (Lipinski definition) is 1. The number of amides is 2. The molecule has 2 fully saturated rings. The van der Waals surface area contributed by atoms with Crippen molar-refractivity contribution in [2.45, 2.75) is 62.8 Å². The van der Waals surface area contributed by atoms with Crippen molar-refractivity contribution in [1.29, 1.82) is 0 Å². The number of hydrogen-bond acceptors (Lipinski definition) is 7. The van der Waals surface area contributed by atoms with Gasteiger partial charge in [-0.15, -0.1) is 11.8 Å². The van der Waals surface area contributed by atoms with Gasteiger partial charge < -0.3 is 19.5 Å². The Bertz CT molecular complexity index is 1240. The van der Waals surface area contributed by atoms with Crippen LogP contribution in [-0.2, 0) is 36.9 Å². The largest absolute Gasteiger partial charge is 0.497 e. The number of ether oxygens (including phenoxy) is 3. The Kier molecular flexibility index (Phi) is 7.49. The average Bonchev–Trinajstić information content (AvgIpc) is 3.29. The molecule has 0 aromatic heterocycles. The number of carbonyl (C=O) groups excluding carboxylic acids is 3. The lowest BCUT2D eigenvalue weighted by molar-refractivity contribution is -0.153. The van der Waals surface area contributed by atoms with E-state index < -0.39 is 12.0 Å². The number of nitrogens with zero attached hydrogens (tertiary/aromatic N) is 1. The van der Waals surface area contributed by atoms with Crippen LogP contribution in [0.25, 0.3) is 0 Å². The van der Waals surface area contributed by atoms with Crippen molar-refractivity contribution in [2.75, 3.05) is 12.9 Å². The van der Waals surface area contributed by atoms with E-state index in [-0.39, 0.29) is 47.6 Å². The summed E-state index contributed by atoms with van der Waals surface area (Å²) in [6, 6.07) is 16.0. The molecule has 8 nitrogen and oxygen atoms in total. The quantitative estimate of drug-likeness (QED) is 0.407. The second-order valence-electron chi connectivity index (χ2n) is 10.3. The first-order valence-electron chi connectivity index (χ1n) is 12.7. The predicted octanol–water partition coefficient (Wildman–Crippen LogP) is 3.59. The maximum Gasteiger partial charge on any atom is 0.355 e. The normalized spacial score (nSPS) is 23.9. The van der Waals surface area contributed by atoms with Crippen LogP contribution in [0, 0.1) is 0 Å². The molecule has 38 heavy (non-hydrogen) atoms. The van der Waals surface area contributed by atoms with Gasteiger partial charge in [-0.25, -0.2) is 4.79 Å². The number of fused-ring (bicyclic) bond motifs is 1. The molecule has 1 N–H and O–H groups in total. The third kappa shape index (κ3) is 5.44. The molecular weight excluding hydrogens is 504 g/mol. The van der Waals surface area contributed by atoms with E-state index in [2.05, 4.69) is 5.32 Å². The van der Waals surface area contributed by atoms with Gasteiger partial charge in [-0.3, -0.25) is 14.5 Å². The maximum absolute atomic E-state index is 13.5. The van der Waals surface area contributed by atoms with Gasteiger partial charge in [0.2, 0.25) is 5.91 Å². The number of nitrogens with one attached hydrogen (secondary N) is 1. The fourth-order valence-corrected chi connectivity index (χ4v) is 6.46. The van der Waals surface area contributed by atoms with Crippen molar-refractivity contribution >= 4 is 29.5 Å². The molecule has 200 valence electrons. The molecule has 2 amide bonds. The first-order chi connectivity index (χ1) is 18.3. The van der Waals surface area contributed by atoms with Gasteiger partial charge in [0, 0.05) is 5.75 Å². The fraction of sp³-hybridized carbons (Fsp3) is 0.414. The Morgan fingerprint density at radius 2 is 1.84 bits per heavy atom. The van der Waals surface area contributed by atoms with E-state index in [0.717, 1.165) is 29.5 Å². The third-order valence-corrected chi connectivity index (χ3v) is 8.40. The van der Waals surface area contributed by atoms with Gasteiger partial charge in [-0.2, -0.15) is 0 Å². The van der Waals surface area contributed by atoms with E-state index >= 15 is 0 Å². The van der Waals surface area contributed by atoms with Crippen molar-refractivity contribution in [1.82, 2.24) is 10.2 Å². The smallest absolute Gasteiger partial charge is 0.355 e. The summed E-state index contributed by atoms with van der Waals surface area (Å²) in [6.45, 7) is 4.12. The zero-order valence-electron chi connectivity index (χ0n) is 21.8. The lowest BCUT2D eigenvalue weighted by Crippen LogP contribution is -2.71. The molecule has 0 unspecified atom stereocenters. The highest BCUT2D eigenvalue weighted by molar-refractivity contribution is 8.00.